The number of rotatable bonds is 9. The van der Waals surface area contributed by atoms with E-state index in [4.69, 9.17) is 9.47 Å². The van der Waals surface area contributed by atoms with Crippen LogP contribution < -0.4 is 19.2 Å². The molecular formula is C24H23BrFN3O5S. The van der Waals surface area contributed by atoms with Crippen LogP contribution in [0.1, 0.15) is 12.5 Å². The second-order valence-electron chi connectivity index (χ2n) is 7.25. The second-order valence-corrected chi connectivity index (χ2v) is 10.0. The predicted molar refractivity (Wildman–Crippen MR) is 135 cm³/mol. The minimum absolute atomic E-state index is 0.101. The molecule has 0 aromatic heterocycles. The van der Waals surface area contributed by atoms with E-state index >= 15 is 0 Å². The summed E-state index contributed by atoms with van der Waals surface area (Å²) in [6.45, 7) is 1.11. The fraction of sp³-hybridized carbons (Fsp3) is 0.167. The highest BCUT2D eigenvalue weighted by molar-refractivity contribution is 9.10. The quantitative estimate of drug-likeness (QED) is 0.308. The van der Waals surface area contributed by atoms with Crippen LogP contribution in [-0.4, -0.2) is 40.8 Å². The van der Waals surface area contributed by atoms with E-state index in [1.54, 1.807) is 6.92 Å². The van der Waals surface area contributed by atoms with Crippen LogP contribution in [0.25, 0.3) is 0 Å². The largest absolute Gasteiger partial charge is 0.493 e. The average Bonchev–Trinajstić information content (AvgIpc) is 2.85. The Morgan fingerprint density at radius 3 is 2.34 bits per heavy atom. The van der Waals surface area contributed by atoms with Crippen LogP contribution in [0.5, 0.6) is 11.5 Å². The van der Waals surface area contributed by atoms with Crippen molar-refractivity contribution in [3.05, 3.63) is 82.6 Å². The van der Waals surface area contributed by atoms with E-state index in [2.05, 4.69) is 26.5 Å². The van der Waals surface area contributed by atoms with Crippen LogP contribution in [0.2, 0.25) is 0 Å². The van der Waals surface area contributed by atoms with Crippen molar-refractivity contribution in [3.8, 4) is 11.5 Å². The van der Waals surface area contributed by atoms with E-state index < -0.39 is 28.3 Å². The highest BCUT2D eigenvalue weighted by Gasteiger charge is 2.28. The Morgan fingerprint density at radius 1 is 1.03 bits per heavy atom. The minimum atomic E-state index is -4.26. The standard InChI is InChI=1S/C24H23BrFN3O5S/c1-16(17-5-4-6-18(25)13-17)27-28-24(30)15-29(20-9-7-19(26)8-10-20)35(31,32)21-11-12-22(33-2)23(14-21)34-3/h4-14H,15H2,1-3H3,(H,28,30)/b27-16-. The summed E-state index contributed by atoms with van der Waals surface area (Å²) in [7, 11) is -1.45. The molecule has 0 fully saturated rings. The van der Waals surface area contributed by atoms with Crippen molar-refractivity contribution in [2.24, 2.45) is 5.10 Å². The zero-order chi connectivity index (χ0) is 25.6. The number of carbonyl (C=O) groups is 1. The molecule has 0 spiro atoms. The second kappa shape index (κ2) is 11.3. The van der Waals surface area contributed by atoms with Gasteiger partial charge >= 0.3 is 0 Å². The number of amides is 1. The van der Waals surface area contributed by atoms with Gasteiger partial charge in [0.05, 0.1) is 30.5 Å². The number of sulfonamides is 1. The number of nitrogens with one attached hydrogen (secondary N) is 1. The third-order valence-corrected chi connectivity index (χ3v) is 7.20. The maximum atomic E-state index is 13.5. The normalized spacial score (nSPS) is 11.6. The molecule has 11 heteroatoms. The maximum Gasteiger partial charge on any atom is 0.264 e. The summed E-state index contributed by atoms with van der Waals surface area (Å²) in [6, 6.07) is 16.2. The fourth-order valence-electron chi connectivity index (χ4n) is 3.12. The molecule has 0 radical (unpaired) electrons. The van der Waals surface area contributed by atoms with Crippen molar-refractivity contribution in [1.29, 1.82) is 0 Å². The molecule has 1 amide bonds. The van der Waals surface area contributed by atoms with Crippen molar-refractivity contribution in [1.82, 2.24) is 5.43 Å². The number of methoxy groups -OCH3 is 2. The molecule has 3 rings (SSSR count). The molecule has 0 bridgehead atoms. The summed E-state index contributed by atoms with van der Waals surface area (Å²) in [5, 5.41) is 4.08. The molecule has 35 heavy (non-hydrogen) atoms. The molecule has 1 N–H and O–H groups in total. The van der Waals surface area contributed by atoms with Gasteiger partial charge in [0.25, 0.3) is 15.9 Å². The molecule has 0 aliphatic carbocycles. The summed E-state index contributed by atoms with van der Waals surface area (Å²) in [5.41, 5.74) is 3.78. The first-order valence-electron chi connectivity index (χ1n) is 10.2. The molecule has 0 heterocycles. The van der Waals surface area contributed by atoms with E-state index in [0.717, 1.165) is 26.5 Å². The highest BCUT2D eigenvalue weighted by atomic mass is 79.9. The van der Waals surface area contributed by atoms with Crippen molar-refractivity contribution in [2.75, 3.05) is 25.1 Å². The first kappa shape index (κ1) is 26.2. The van der Waals surface area contributed by atoms with Gasteiger partial charge in [-0.3, -0.25) is 9.10 Å². The fourth-order valence-corrected chi connectivity index (χ4v) is 4.95. The van der Waals surface area contributed by atoms with Gasteiger partial charge in [-0.25, -0.2) is 18.2 Å². The van der Waals surface area contributed by atoms with Crippen LogP contribution in [0, 0.1) is 5.82 Å². The lowest BCUT2D eigenvalue weighted by atomic mass is 10.1. The third-order valence-electron chi connectivity index (χ3n) is 4.94. The summed E-state index contributed by atoms with van der Waals surface area (Å²) in [4.78, 5) is 12.6. The molecule has 0 atom stereocenters. The SMILES string of the molecule is COc1ccc(S(=O)(=O)N(CC(=O)N/N=C(/C)c2cccc(Br)c2)c2ccc(F)cc2)cc1OC. The van der Waals surface area contributed by atoms with Crippen molar-refractivity contribution in [3.63, 3.8) is 0 Å². The summed E-state index contributed by atoms with van der Waals surface area (Å²) >= 11 is 3.38. The monoisotopic (exact) mass is 563 g/mol. The molecule has 0 unspecified atom stereocenters. The number of carbonyl (C=O) groups excluding carboxylic acids is 1. The van der Waals surface area contributed by atoms with Crippen LogP contribution in [0.15, 0.2) is 81.2 Å². The first-order valence-corrected chi connectivity index (χ1v) is 12.5. The van der Waals surface area contributed by atoms with Crippen molar-refractivity contribution < 1.29 is 27.1 Å². The van der Waals surface area contributed by atoms with Gasteiger partial charge in [-0.2, -0.15) is 5.10 Å². The predicted octanol–water partition coefficient (Wildman–Crippen LogP) is 4.34. The number of ether oxygens (including phenoxy) is 2. The summed E-state index contributed by atoms with van der Waals surface area (Å²) in [5.74, 6) is -0.690. The number of hydrogen-bond donors (Lipinski definition) is 1. The lowest BCUT2D eigenvalue weighted by Crippen LogP contribution is -2.39. The van der Waals surface area contributed by atoms with Crippen LogP contribution >= 0.6 is 15.9 Å². The minimum Gasteiger partial charge on any atom is -0.493 e. The number of anilines is 1. The molecule has 0 aliphatic heterocycles. The Labute approximate surface area is 211 Å². The van der Waals surface area contributed by atoms with Gasteiger partial charge in [0.2, 0.25) is 0 Å². The molecule has 3 aromatic carbocycles. The number of hydrogen-bond acceptors (Lipinski definition) is 6. The Balaban J connectivity index is 1.92. The molecule has 0 saturated heterocycles. The number of benzene rings is 3. The summed E-state index contributed by atoms with van der Waals surface area (Å²) in [6.07, 6.45) is 0. The van der Waals surface area contributed by atoms with E-state index in [0.29, 0.717) is 11.5 Å². The van der Waals surface area contributed by atoms with Gasteiger partial charge in [0, 0.05) is 10.5 Å². The lowest BCUT2D eigenvalue weighted by Gasteiger charge is -2.24. The van der Waals surface area contributed by atoms with E-state index in [9.17, 15) is 17.6 Å². The van der Waals surface area contributed by atoms with Crippen LogP contribution in [0.4, 0.5) is 10.1 Å². The van der Waals surface area contributed by atoms with Gasteiger partial charge in [-0.15, -0.1) is 0 Å². The van der Waals surface area contributed by atoms with E-state index in [-0.39, 0.29) is 16.3 Å². The highest BCUT2D eigenvalue weighted by Crippen LogP contribution is 2.32. The van der Waals surface area contributed by atoms with Gasteiger partial charge < -0.3 is 9.47 Å². The van der Waals surface area contributed by atoms with Crippen molar-refractivity contribution in [2.45, 2.75) is 11.8 Å². The molecule has 3 aromatic rings. The zero-order valence-electron chi connectivity index (χ0n) is 19.2. The Hall–Kier alpha value is -3.44. The Kier molecular flexibility index (Phi) is 8.47. The van der Waals surface area contributed by atoms with Gasteiger partial charge in [-0.05, 0) is 61.0 Å². The maximum absolute atomic E-state index is 13.5. The van der Waals surface area contributed by atoms with Crippen LogP contribution in [-0.2, 0) is 14.8 Å². The van der Waals surface area contributed by atoms with Gasteiger partial charge in [-0.1, -0.05) is 28.1 Å². The third kappa shape index (κ3) is 6.37. The molecule has 8 nitrogen and oxygen atoms in total. The molecule has 0 aliphatic rings. The van der Waals surface area contributed by atoms with Crippen LogP contribution in [0.3, 0.4) is 0 Å². The Morgan fingerprint density at radius 2 is 1.71 bits per heavy atom. The molecule has 184 valence electrons. The van der Waals surface area contributed by atoms with E-state index in [1.165, 1.54) is 44.6 Å². The topological polar surface area (TPSA) is 97.3 Å². The van der Waals surface area contributed by atoms with Crippen molar-refractivity contribution >= 4 is 43.3 Å². The lowest BCUT2D eigenvalue weighted by molar-refractivity contribution is -0.119. The zero-order valence-corrected chi connectivity index (χ0v) is 21.6. The van der Waals surface area contributed by atoms with Gasteiger partial charge in [0.15, 0.2) is 11.5 Å². The van der Waals surface area contributed by atoms with Gasteiger partial charge in [0.1, 0.15) is 12.4 Å². The average molecular weight is 564 g/mol. The molecule has 0 saturated carbocycles. The number of nitrogens with zero attached hydrogens (tertiary/aromatic N) is 2. The smallest absolute Gasteiger partial charge is 0.264 e. The Bertz CT molecular complexity index is 1350. The summed E-state index contributed by atoms with van der Waals surface area (Å²) < 4.78 is 52.7. The number of halogens is 2. The van der Waals surface area contributed by atoms with E-state index in [1.807, 2.05) is 24.3 Å². The molecular weight excluding hydrogens is 541 g/mol. The first-order chi connectivity index (χ1) is 16.6. The number of hydrazone groups is 1.